The minimum absolute atomic E-state index is 0.0185. The Hall–Kier alpha value is -0.810. The third kappa shape index (κ3) is 2.67. The highest BCUT2D eigenvalue weighted by Gasteiger charge is 2.26. The normalized spacial score (nSPS) is 22.8. The first-order chi connectivity index (χ1) is 5.62. The predicted octanol–water partition coefficient (Wildman–Crippen LogP) is 0.433. The highest BCUT2D eigenvalue weighted by Crippen LogP contribution is 2.11. The first-order valence-electron chi connectivity index (χ1n) is 4.29. The van der Waals surface area contributed by atoms with Gasteiger partial charge in [0.15, 0.2) is 0 Å². The van der Waals surface area contributed by atoms with E-state index in [1.807, 2.05) is 0 Å². The second-order valence-electron chi connectivity index (χ2n) is 3.31. The first-order valence-corrected chi connectivity index (χ1v) is 4.29. The van der Waals surface area contributed by atoms with E-state index < -0.39 is 6.09 Å². The summed E-state index contributed by atoms with van der Waals surface area (Å²) in [6.07, 6.45) is 3.25. The molecule has 5 heteroatoms. The largest absolute Gasteiger partial charge is 0.462 e. The number of quaternary nitrogens is 1. The topological polar surface area (TPSA) is 75.3 Å². The van der Waals surface area contributed by atoms with Crippen molar-refractivity contribution in [3.8, 4) is 0 Å². The molecule has 1 amide bonds. The fourth-order valence-electron chi connectivity index (χ4n) is 1.56. The van der Waals surface area contributed by atoms with E-state index in [1.54, 1.807) is 0 Å². The summed E-state index contributed by atoms with van der Waals surface area (Å²) in [6, 6.07) is 0. The van der Waals surface area contributed by atoms with Crippen LogP contribution in [-0.2, 0) is 0 Å². The Bertz CT molecular complexity index is 164. The summed E-state index contributed by atoms with van der Waals surface area (Å²) in [5, 5.41) is 8.52. The van der Waals surface area contributed by atoms with Crippen LogP contribution in [0.3, 0.4) is 0 Å². The molecule has 1 saturated heterocycles. The number of nitrogens with zero attached hydrogens (tertiary/aromatic N) is 1. The molecule has 1 heterocycles. The standard InChI is InChI=1S/C7H15N3O2/c8-10(9-7(11)12)5-3-1-2-4-6-10/h9H,1-6,8H2/p+1. The van der Waals surface area contributed by atoms with Crippen molar-refractivity contribution in [1.82, 2.24) is 5.43 Å². The van der Waals surface area contributed by atoms with Crippen LogP contribution in [0.5, 0.6) is 0 Å². The Morgan fingerprint density at radius 3 is 2.17 bits per heavy atom. The van der Waals surface area contributed by atoms with Crippen LogP contribution < -0.4 is 11.3 Å². The summed E-state index contributed by atoms with van der Waals surface area (Å²) in [7, 11) is 0. The molecular formula is C7H16N3O2+. The Kier molecular flexibility index (Phi) is 2.88. The lowest BCUT2D eigenvalue weighted by Crippen LogP contribution is -2.65. The minimum Gasteiger partial charge on any atom is -0.462 e. The summed E-state index contributed by atoms with van der Waals surface area (Å²) in [4.78, 5) is 10.4. The quantitative estimate of drug-likeness (QED) is 0.398. The van der Waals surface area contributed by atoms with Gasteiger partial charge >= 0.3 is 6.09 Å². The van der Waals surface area contributed by atoms with E-state index in [0.717, 1.165) is 25.7 Å². The molecule has 4 N–H and O–H groups in total. The Morgan fingerprint density at radius 1 is 1.25 bits per heavy atom. The van der Waals surface area contributed by atoms with Gasteiger partial charge in [0.2, 0.25) is 0 Å². The van der Waals surface area contributed by atoms with E-state index >= 15 is 0 Å². The lowest BCUT2D eigenvalue weighted by molar-refractivity contribution is -0.972. The summed E-state index contributed by atoms with van der Waals surface area (Å²) >= 11 is 0. The van der Waals surface area contributed by atoms with Crippen LogP contribution in [0.1, 0.15) is 25.7 Å². The molecule has 12 heavy (non-hydrogen) atoms. The Labute approximate surface area is 71.7 Å². The molecule has 0 aromatic rings. The molecule has 70 valence electrons. The van der Waals surface area contributed by atoms with Crippen molar-refractivity contribution >= 4 is 6.09 Å². The van der Waals surface area contributed by atoms with Gasteiger partial charge in [0.25, 0.3) is 0 Å². The molecule has 1 rings (SSSR count). The molecule has 0 unspecified atom stereocenters. The monoisotopic (exact) mass is 174 g/mol. The van der Waals surface area contributed by atoms with E-state index in [9.17, 15) is 4.79 Å². The molecule has 0 aromatic carbocycles. The zero-order valence-electron chi connectivity index (χ0n) is 7.12. The van der Waals surface area contributed by atoms with Gasteiger partial charge < -0.3 is 5.11 Å². The third-order valence-electron chi connectivity index (χ3n) is 2.18. The van der Waals surface area contributed by atoms with Crippen LogP contribution in [0.15, 0.2) is 0 Å². The van der Waals surface area contributed by atoms with Crippen molar-refractivity contribution in [2.24, 2.45) is 5.84 Å². The Morgan fingerprint density at radius 2 is 1.75 bits per heavy atom. The van der Waals surface area contributed by atoms with E-state index in [2.05, 4.69) is 5.43 Å². The lowest BCUT2D eigenvalue weighted by atomic mass is 10.2. The van der Waals surface area contributed by atoms with Crippen LogP contribution >= 0.6 is 0 Å². The van der Waals surface area contributed by atoms with Gasteiger partial charge in [-0.05, 0) is 12.8 Å². The van der Waals surface area contributed by atoms with Gasteiger partial charge in [-0.2, -0.15) is 5.84 Å². The number of nitrogens with two attached hydrogens (primary N) is 1. The van der Waals surface area contributed by atoms with Crippen LogP contribution in [-0.4, -0.2) is 29.0 Å². The maximum atomic E-state index is 10.4. The number of carbonyl (C=O) groups is 1. The van der Waals surface area contributed by atoms with Crippen molar-refractivity contribution in [2.45, 2.75) is 25.7 Å². The number of rotatable bonds is 1. The fourth-order valence-corrected chi connectivity index (χ4v) is 1.56. The van der Waals surface area contributed by atoms with Crippen molar-refractivity contribution in [3.63, 3.8) is 0 Å². The summed E-state index contributed by atoms with van der Waals surface area (Å²) < 4.78 is -0.0185. The molecule has 0 aromatic heterocycles. The molecule has 0 saturated carbocycles. The molecule has 5 nitrogen and oxygen atoms in total. The highest BCUT2D eigenvalue weighted by atomic mass is 16.4. The summed E-state index contributed by atoms with van der Waals surface area (Å²) in [6.45, 7) is 1.40. The number of nitrogens with one attached hydrogen (secondary N) is 1. The molecule has 0 bridgehead atoms. The van der Waals surface area contributed by atoms with Crippen LogP contribution in [0.2, 0.25) is 0 Å². The van der Waals surface area contributed by atoms with Crippen LogP contribution in [0, 0.1) is 0 Å². The Balaban J connectivity index is 2.48. The second-order valence-corrected chi connectivity index (χ2v) is 3.31. The third-order valence-corrected chi connectivity index (χ3v) is 2.18. The minimum atomic E-state index is -1.04. The molecular weight excluding hydrogens is 158 g/mol. The van der Waals surface area contributed by atoms with Crippen LogP contribution in [0.25, 0.3) is 0 Å². The fraction of sp³-hybridized carbons (Fsp3) is 0.857. The molecule has 1 aliphatic heterocycles. The molecule has 1 aliphatic rings. The molecule has 0 atom stereocenters. The maximum absolute atomic E-state index is 10.4. The van der Waals surface area contributed by atoms with Crippen molar-refractivity contribution in [1.29, 1.82) is 0 Å². The number of amides is 1. The summed E-state index contributed by atoms with van der Waals surface area (Å²) in [5.41, 5.74) is 2.33. The van der Waals surface area contributed by atoms with Gasteiger partial charge in [0.05, 0.1) is 0 Å². The zero-order valence-corrected chi connectivity index (χ0v) is 7.12. The molecule has 0 aliphatic carbocycles. The van der Waals surface area contributed by atoms with Gasteiger partial charge in [-0.1, -0.05) is 0 Å². The van der Waals surface area contributed by atoms with E-state index in [0.29, 0.717) is 13.1 Å². The highest BCUT2D eigenvalue weighted by molar-refractivity contribution is 5.62. The number of hydrogen-bond donors (Lipinski definition) is 3. The number of hydrogen-bond acceptors (Lipinski definition) is 2. The van der Waals surface area contributed by atoms with Crippen LogP contribution in [0.4, 0.5) is 4.79 Å². The van der Waals surface area contributed by atoms with Gasteiger partial charge in [-0.15, -0.1) is 10.1 Å². The predicted molar refractivity (Wildman–Crippen MR) is 43.8 cm³/mol. The van der Waals surface area contributed by atoms with E-state index in [-0.39, 0.29) is 4.70 Å². The van der Waals surface area contributed by atoms with E-state index in [1.165, 1.54) is 0 Å². The lowest BCUT2D eigenvalue weighted by Gasteiger charge is -2.28. The molecule has 1 fully saturated rings. The van der Waals surface area contributed by atoms with Gasteiger partial charge in [-0.25, -0.2) is 4.79 Å². The first kappa shape index (κ1) is 9.28. The van der Waals surface area contributed by atoms with Crippen molar-refractivity contribution < 1.29 is 14.6 Å². The zero-order chi connectivity index (χ0) is 9.03. The van der Waals surface area contributed by atoms with Crippen molar-refractivity contribution in [2.75, 3.05) is 13.1 Å². The molecule has 0 radical (unpaired) electrons. The number of carboxylic acid groups (broad SMARTS) is 1. The van der Waals surface area contributed by atoms with Gasteiger partial charge in [-0.3, -0.25) is 0 Å². The van der Waals surface area contributed by atoms with Gasteiger partial charge in [0.1, 0.15) is 13.1 Å². The smallest absolute Gasteiger partial charge is 0.451 e. The molecule has 0 spiro atoms. The SMILES string of the molecule is N[N+]1(NC(=O)O)CCCCCC1. The average molecular weight is 174 g/mol. The average Bonchev–Trinajstić information content (AvgIpc) is 2.12. The maximum Gasteiger partial charge on any atom is 0.451 e. The van der Waals surface area contributed by atoms with Gasteiger partial charge in [0, 0.05) is 12.8 Å². The van der Waals surface area contributed by atoms with Crippen molar-refractivity contribution in [3.05, 3.63) is 0 Å². The second kappa shape index (κ2) is 3.73. The van der Waals surface area contributed by atoms with E-state index in [4.69, 9.17) is 10.9 Å². The summed E-state index contributed by atoms with van der Waals surface area (Å²) in [5.74, 6) is 5.81.